The topological polar surface area (TPSA) is 94.3 Å². The van der Waals surface area contributed by atoms with E-state index in [1.54, 1.807) is 24.3 Å². The minimum atomic E-state index is -3.44. The molecule has 102 valence electrons. The lowest BCUT2D eigenvalue weighted by molar-refractivity contribution is 0.589. The van der Waals surface area contributed by atoms with Gasteiger partial charge in [0, 0.05) is 12.8 Å². The van der Waals surface area contributed by atoms with E-state index in [0.29, 0.717) is 5.56 Å². The van der Waals surface area contributed by atoms with Gasteiger partial charge in [0.1, 0.15) is 9.84 Å². The molecule has 0 unspecified atom stereocenters. The molecule has 0 amide bonds. The van der Waals surface area contributed by atoms with E-state index >= 15 is 0 Å². The molecule has 1 aromatic rings. The summed E-state index contributed by atoms with van der Waals surface area (Å²) in [5.74, 6) is -0.874. The van der Waals surface area contributed by atoms with Gasteiger partial charge in [-0.15, -0.1) is 0 Å². The Kier molecular flexibility index (Phi) is 4.89. The van der Waals surface area contributed by atoms with E-state index in [1.165, 1.54) is 0 Å². The molecule has 18 heavy (non-hydrogen) atoms. The summed E-state index contributed by atoms with van der Waals surface area (Å²) >= 11 is 0. The van der Waals surface area contributed by atoms with Crippen molar-refractivity contribution >= 4 is 19.7 Å². The lowest BCUT2D eigenvalue weighted by Crippen LogP contribution is -2.18. The SMILES string of the molecule is CS(=O)(=O)CCS(=O)(=O)Cc1ccccc1CN. The van der Waals surface area contributed by atoms with Crippen LogP contribution in [-0.2, 0) is 32.0 Å². The Morgan fingerprint density at radius 2 is 1.56 bits per heavy atom. The molecule has 0 heterocycles. The van der Waals surface area contributed by atoms with Crippen LogP contribution >= 0.6 is 0 Å². The van der Waals surface area contributed by atoms with E-state index in [0.717, 1.165) is 11.8 Å². The summed E-state index contributed by atoms with van der Waals surface area (Å²) < 4.78 is 45.6. The smallest absolute Gasteiger partial charge is 0.155 e. The van der Waals surface area contributed by atoms with Crippen molar-refractivity contribution in [3.63, 3.8) is 0 Å². The van der Waals surface area contributed by atoms with Crippen LogP contribution in [0.15, 0.2) is 24.3 Å². The molecule has 7 heteroatoms. The molecule has 0 fully saturated rings. The minimum Gasteiger partial charge on any atom is -0.326 e. The Hall–Kier alpha value is -0.920. The number of sulfone groups is 2. The summed E-state index contributed by atoms with van der Waals surface area (Å²) in [4.78, 5) is 0. The number of nitrogens with two attached hydrogens (primary N) is 1. The molecular formula is C11H17NO4S2. The molecule has 0 aliphatic heterocycles. The molecule has 0 bridgehead atoms. The van der Waals surface area contributed by atoms with Crippen LogP contribution in [-0.4, -0.2) is 34.6 Å². The Morgan fingerprint density at radius 1 is 1.00 bits per heavy atom. The Morgan fingerprint density at radius 3 is 2.06 bits per heavy atom. The largest absolute Gasteiger partial charge is 0.326 e. The van der Waals surface area contributed by atoms with E-state index in [4.69, 9.17) is 5.73 Å². The zero-order valence-electron chi connectivity index (χ0n) is 10.2. The van der Waals surface area contributed by atoms with E-state index in [2.05, 4.69) is 0 Å². The van der Waals surface area contributed by atoms with Crippen LogP contribution in [0.1, 0.15) is 11.1 Å². The van der Waals surface area contributed by atoms with Gasteiger partial charge in [-0.1, -0.05) is 24.3 Å². The summed E-state index contributed by atoms with van der Waals surface area (Å²) in [7, 11) is -6.70. The van der Waals surface area contributed by atoms with Crippen molar-refractivity contribution < 1.29 is 16.8 Å². The molecule has 0 saturated carbocycles. The maximum Gasteiger partial charge on any atom is 0.155 e. The first-order valence-electron chi connectivity index (χ1n) is 5.38. The Labute approximate surface area is 108 Å². The highest BCUT2D eigenvalue weighted by Crippen LogP contribution is 2.12. The van der Waals surface area contributed by atoms with Crippen LogP contribution < -0.4 is 5.73 Å². The molecule has 2 N–H and O–H groups in total. The van der Waals surface area contributed by atoms with Gasteiger partial charge in [-0.05, 0) is 11.1 Å². The second-order valence-electron chi connectivity index (χ2n) is 4.19. The molecule has 1 aromatic carbocycles. The van der Waals surface area contributed by atoms with Gasteiger partial charge < -0.3 is 5.73 Å². The third-order valence-electron chi connectivity index (χ3n) is 2.48. The van der Waals surface area contributed by atoms with Crippen molar-refractivity contribution in [1.29, 1.82) is 0 Å². The van der Waals surface area contributed by atoms with E-state index < -0.39 is 19.7 Å². The summed E-state index contributed by atoms with van der Waals surface area (Å²) in [5.41, 5.74) is 6.92. The summed E-state index contributed by atoms with van der Waals surface area (Å²) in [5, 5.41) is 0. The number of benzene rings is 1. The van der Waals surface area contributed by atoms with Crippen LogP contribution in [0.3, 0.4) is 0 Å². The lowest BCUT2D eigenvalue weighted by Gasteiger charge is -2.08. The number of rotatable bonds is 6. The molecular weight excluding hydrogens is 274 g/mol. The van der Waals surface area contributed by atoms with Gasteiger partial charge in [0.2, 0.25) is 0 Å². The third kappa shape index (κ3) is 5.16. The summed E-state index contributed by atoms with van der Waals surface area (Å²) in [6, 6.07) is 6.98. The fourth-order valence-electron chi connectivity index (χ4n) is 1.48. The normalized spacial score (nSPS) is 12.6. The maximum atomic E-state index is 11.8. The molecule has 0 aromatic heterocycles. The first-order valence-corrected chi connectivity index (χ1v) is 9.27. The number of hydrogen-bond donors (Lipinski definition) is 1. The molecule has 1 rings (SSSR count). The van der Waals surface area contributed by atoms with Crippen LogP contribution in [0.5, 0.6) is 0 Å². The molecule has 0 aliphatic rings. The van der Waals surface area contributed by atoms with Gasteiger partial charge in [0.25, 0.3) is 0 Å². The van der Waals surface area contributed by atoms with E-state index in [1.807, 2.05) is 0 Å². The molecule has 0 aliphatic carbocycles. The van der Waals surface area contributed by atoms with Crippen molar-refractivity contribution in [2.45, 2.75) is 12.3 Å². The summed E-state index contributed by atoms with van der Waals surface area (Å²) in [6.45, 7) is 0.262. The fourth-order valence-corrected chi connectivity index (χ4v) is 4.61. The van der Waals surface area contributed by atoms with Gasteiger partial charge in [0.05, 0.1) is 17.3 Å². The second kappa shape index (κ2) is 5.81. The lowest BCUT2D eigenvalue weighted by atomic mass is 10.1. The average molecular weight is 291 g/mol. The zero-order valence-corrected chi connectivity index (χ0v) is 11.8. The first-order chi connectivity index (χ1) is 8.23. The first kappa shape index (κ1) is 15.1. The quantitative estimate of drug-likeness (QED) is 0.802. The summed E-state index contributed by atoms with van der Waals surface area (Å²) in [6.07, 6.45) is 1.02. The third-order valence-corrected chi connectivity index (χ3v) is 5.26. The van der Waals surface area contributed by atoms with Gasteiger partial charge in [0.15, 0.2) is 9.84 Å². The zero-order chi connectivity index (χ0) is 13.8. The highest BCUT2D eigenvalue weighted by Gasteiger charge is 2.16. The van der Waals surface area contributed by atoms with Gasteiger partial charge >= 0.3 is 0 Å². The van der Waals surface area contributed by atoms with Crippen molar-refractivity contribution in [1.82, 2.24) is 0 Å². The van der Waals surface area contributed by atoms with Crippen LogP contribution in [0.4, 0.5) is 0 Å². The molecule has 5 nitrogen and oxygen atoms in total. The highest BCUT2D eigenvalue weighted by molar-refractivity contribution is 7.94. The second-order valence-corrected chi connectivity index (χ2v) is 8.64. The Balaban J connectivity index is 2.83. The average Bonchev–Trinajstić information content (AvgIpc) is 2.26. The predicted octanol–water partition coefficient (Wildman–Crippen LogP) is 0.105. The Bertz CT molecular complexity index is 606. The van der Waals surface area contributed by atoms with E-state index in [-0.39, 0.29) is 23.8 Å². The molecule has 0 saturated heterocycles. The van der Waals surface area contributed by atoms with Gasteiger partial charge in [-0.25, -0.2) is 16.8 Å². The van der Waals surface area contributed by atoms with E-state index in [9.17, 15) is 16.8 Å². The van der Waals surface area contributed by atoms with Crippen molar-refractivity contribution in [2.24, 2.45) is 5.73 Å². The van der Waals surface area contributed by atoms with Crippen molar-refractivity contribution in [3.8, 4) is 0 Å². The van der Waals surface area contributed by atoms with Crippen molar-refractivity contribution in [2.75, 3.05) is 17.8 Å². The molecule has 0 radical (unpaired) electrons. The molecule has 0 atom stereocenters. The van der Waals surface area contributed by atoms with Gasteiger partial charge in [-0.2, -0.15) is 0 Å². The minimum absolute atomic E-state index is 0.171. The number of hydrogen-bond acceptors (Lipinski definition) is 5. The fraction of sp³-hybridized carbons (Fsp3) is 0.455. The van der Waals surface area contributed by atoms with Gasteiger partial charge in [-0.3, -0.25) is 0 Å². The monoisotopic (exact) mass is 291 g/mol. The predicted molar refractivity (Wildman–Crippen MR) is 71.5 cm³/mol. The maximum absolute atomic E-state index is 11.8. The van der Waals surface area contributed by atoms with Crippen LogP contribution in [0.25, 0.3) is 0 Å². The standard InChI is InChI=1S/C11H17NO4S2/c1-17(13,14)6-7-18(15,16)9-11-5-3-2-4-10(11)8-12/h2-5H,6-9,12H2,1H3. The highest BCUT2D eigenvalue weighted by atomic mass is 32.2. The van der Waals surface area contributed by atoms with Crippen molar-refractivity contribution in [3.05, 3.63) is 35.4 Å². The van der Waals surface area contributed by atoms with Crippen LogP contribution in [0.2, 0.25) is 0 Å². The molecule has 0 spiro atoms. The van der Waals surface area contributed by atoms with Crippen LogP contribution in [0, 0.1) is 0 Å².